The summed E-state index contributed by atoms with van der Waals surface area (Å²) in [5.41, 5.74) is 1.01. The molecule has 0 amide bonds. The Balaban J connectivity index is 2.03. The highest BCUT2D eigenvalue weighted by Crippen LogP contribution is 2.18. The zero-order chi connectivity index (χ0) is 12.1. The fourth-order valence-corrected chi connectivity index (χ4v) is 1.77. The van der Waals surface area contributed by atoms with Crippen LogP contribution in [0.5, 0.6) is 0 Å². The minimum absolute atomic E-state index is 0.00332. The van der Waals surface area contributed by atoms with Gasteiger partial charge in [0.05, 0.1) is 25.0 Å². The van der Waals surface area contributed by atoms with Gasteiger partial charge in [0.2, 0.25) is 0 Å². The number of hydrogen-bond acceptors (Lipinski definition) is 3. The maximum atomic E-state index is 9.33. The number of aliphatic hydroxyl groups is 1. The smallest absolute Gasteiger partial charge is 0.133 e. The van der Waals surface area contributed by atoms with Crippen LogP contribution in [0.3, 0.4) is 0 Å². The Hall–Kier alpha value is -1.61. The second-order valence-corrected chi connectivity index (χ2v) is 4.16. The fourth-order valence-electron chi connectivity index (χ4n) is 1.77. The molecule has 0 spiro atoms. The molecule has 1 aliphatic rings. The molecular weight excluding hydrogens is 214 g/mol. The Morgan fingerprint density at radius 3 is 2.82 bits per heavy atom. The lowest BCUT2D eigenvalue weighted by Crippen LogP contribution is -2.03. The van der Waals surface area contributed by atoms with Crippen LogP contribution in [0.4, 0.5) is 0 Å². The van der Waals surface area contributed by atoms with Crippen LogP contribution >= 0.6 is 0 Å². The predicted molar refractivity (Wildman–Crippen MR) is 68.0 cm³/mol. The molecule has 1 aromatic rings. The number of allylic oxidation sites excluding steroid dienone is 1. The van der Waals surface area contributed by atoms with Gasteiger partial charge in [0.1, 0.15) is 5.76 Å². The first-order valence-corrected chi connectivity index (χ1v) is 5.85. The summed E-state index contributed by atoms with van der Waals surface area (Å²) in [5, 5.41) is 9.33. The number of nitrogens with zero attached hydrogens (tertiary/aromatic N) is 1. The zero-order valence-corrected chi connectivity index (χ0v) is 9.91. The van der Waals surface area contributed by atoms with Gasteiger partial charge in [-0.15, -0.1) is 0 Å². The van der Waals surface area contributed by atoms with E-state index >= 15 is 0 Å². The van der Waals surface area contributed by atoms with E-state index in [0.717, 1.165) is 17.7 Å². The summed E-state index contributed by atoms with van der Waals surface area (Å²) >= 11 is 0. The molecule has 3 nitrogen and oxygen atoms in total. The van der Waals surface area contributed by atoms with Crippen molar-refractivity contribution < 1.29 is 9.84 Å². The number of aliphatic imine (C=N–C) groups is 1. The first-order valence-electron chi connectivity index (χ1n) is 5.85. The Bertz CT molecular complexity index is 411. The minimum Gasteiger partial charge on any atom is -0.489 e. The SMILES string of the molecule is CC1CC=C(C=N[C@@H](CO)c2ccccc2)O1. The number of rotatable bonds is 4. The molecule has 0 aromatic heterocycles. The molecule has 1 N–H and O–H groups in total. The maximum Gasteiger partial charge on any atom is 0.133 e. The van der Waals surface area contributed by atoms with E-state index < -0.39 is 0 Å². The number of hydrogen-bond donors (Lipinski definition) is 1. The van der Waals surface area contributed by atoms with Crippen molar-refractivity contribution >= 4 is 6.21 Å². The van der Waals surface area contributed by atoms with Crippen LogP contribution in [-0.2, 0) is 4.74 Å². The summed E-state index contributed by atoms with van der Waals surface area (Å²) in [5.74, 6) is 0.798. The first kappa shape index (κ1) is 11.9. The number of aliphatic hydroxyl groups excluding tert-OH is 1. The van der Waals surface area contributed by atoms with Crippen LogP contribution in [0.25, 0.3) is 0 Å². The molecule has 2 atom stereocenters. The molecule has 0 fully saturated rings. The topological polar surface area (TPSA) is 41.8 Å². The van der Waals surface area contributed by atoms with Crippen LogP contribution in [0, 0.1) is 0 Å². The number of benzene rings is 1. The van der Waals surface area contributed by atoms with E-state index in [-0.39, 0.29) is 18.8 Å². The molecule has 3 heteroatoms. The molecule has 0 radical (unpaired) electrons. The fraction of sp³-hybridized carbons (Fsp3) is 0.357. The van der Waals surface area contributed by atoms with Gasteiger partial charge in [-0.2, -0.15) is 0 Å². The average Bonchev–Trinajstić information content (AvgIpc) is 2.77. The molecule has 1 aliphatic heterocycles. The second-order valence-electron chi connectivity index (χ2n) is 4.16. The Labute approximate surface area is 101 Å². The van der Waals surface area contributed by atoms with Crippen LogP contribution in [-0.4, -0.2) is 24.0 Å². The van der Waals surface area contributed by atoms with Crippen LogP contribution < -0.4 is 0 Å². The second kappa shape index (κ2) is 5.64. The standard InChI is InChI=1S/C14H17NO2/c1-11-7-8-13(17-11)9-15-14(10-16)12-5-3-2-4-6-12/h2-6,8-9,11,14,16H,7,10H2,1H3/t11?,14-/m0/s1. The maximum absolute atomic E-state index is 9.33. The summed E-state index contributed by atoms with van der Waals surface area (Å²) in [6, 6.07) is 9.56. The minimum atomic E-state index is -0.211. The van der Waals surface area contributed by atoms with Gasteiger partial charge in [-0.05, 0) is 18.6 Å². The lowest BCUT2D eigenvalue weighted by molar-refractivity contribution is 0.175. The molecular formula is C14H17NO2. The van der Waals surface area contributed by atoms with Gasteiger partial charge < -0.3 is 9.84 Å². The molecule has 17 heavy (non-hydrogen) atoms. The molecule has 0 bridgehead atoms. The van der Waals surface area contributed by atoms with E-state index in [1.165, 1.54) is 0 Å². The third kappa shape index (κ3) is 3.17. The Morgan fingerprint density at radius 1 is 1.47 bits per heavy atom. The Morgan fingerprint density at radius 2 is 2.24 bits per heavy atom. The lowest BCUT2D eigenvalue weighted by atomic mass is 10.1. The third-order valence-electron chi connectivity index (χ3n) is 2.73. The van der Waals surface area contributed by atoms with Gasteiger partial charge in [0.25, 0.3) is 0 Å². The van der Waals surface area contributed by atoms with Gasteiger partial charge in [0.15, 0.2) is 0 Å². The lowest BCUT2D eigenvalue weighted by Gasteiger charge is -2.09. The van der Waals surface area contributed by atoms with Crippen LogP contribution in [0.15, 0.2) is 47.2 Å². The van der Waals surface area contributed by atoms with E-state index in [1.54, 1.807) is 6.21 Å². The van der Waals surface area contributed by atoms with Crippen LogP contribution in [0.2, 0.25) is 0 Å². The van der Waals surface area contributed by atoms with Crippen molar-refractivity contribution in [3.05, 3.63) is 47.7 Å². The van der Waals surface area contributed by atoms with Crippen molar-refractivity contribution in [3.63, 3.8) is 0 Å². The third-order valence-corrected chi connectivity index (χ3v) is 2.73. The van der Waals surface area contributed by atoms with E-state index in [1.807, 2.05) is 43.3 Å². The highest BCUT2D eigenvalue weighted by Gasteiger charge is 2.12. The summed E-state index contributed by atoms with van der Waals surface area (Å²) in [7, 11) is 0. The quantitative estimate of drug-likeness (QED) is 0.809. The largest absolute Gasteiger partial charge is 0.489 e. The molecule has 1 heterocycles. The van der Waals surface area contributed by atoms with E-state index in [9.17, 15) is 5.11 Å². The van der Waals surface area contributed by atoms with E-state index in [0.29, 0.717) is 0 Å². The monoisotopic (exact) mass is 231 g/mol. The zero-order valence-electron chi connectivity index (χ0n) is 9.91. The Kier molecular flexibility index (Phi) is 3.94. The summed E-state index contributed by atoms with van der Waals surface area (Å²) < 4.78 is 5.52. The van der Waals surface area contributed by atoms with Gasteiger partial charge in [-0.3, -0.25) is 4.99 Å². The van der Waals surface area contributed by atoms with Crippen molar-refractivity contribution in [2.75, 3.05) is 6.61 Å². The van der Waals surface area contributed by atoms with Crippen molar-refractivity contribution in [1.29, 1.82) is 0 Å². The molecule has 90 valence electrons. The van der Waals surface area contributed by atoms with Gasteiger partial charge in [0, 0.05) is 6.42 Å². The molecule has 0 saturated heterocycles. The molecule has 2 rings (SSSR count). The summed E-state index contributed by atoms with van der Waals surface area (Å²) in [4.78, 5) is 4.36. The van der Waals surface area contributed by atoms with Crippen LogP contribution in [0.1, 0.15) is 24.9 Å². The average molecular weight is 231 g/mol. The highest BCUT2D eigenvalue weighted by atomic mass is 16.5. The summed E-state index contributed by atoms with van der Waals surface area (Å²) in [6.45, 7) is 2.03. The first-order chi connectivity index (χ1) is 8.29. The van der Waals surface area contributed by atoms with Gasteiger partial charge >= 0.3 is 0 Å². The van der Waals surface area contributed by atoms with Gasteiger partial charge in [-0.1, -0.05) is 30.3 Å². The predicted octanol–water partition coefficient (Wildman–Crippen LogP) is 2.48. The highest BCUT2D eigenvalue weighted by molar-refractivity contribution is 5.76. The van der Waals surface area contributed by atoms with Crippen molar-refractivity contribution in [3.8, 4) is 0 Å². The number of ether oxygens (including phenoxy) is 1. The van der Waals surface area contributed by atoms with Crippen molar-refractivity contribution in [2.45, 2.75) is 25.5 Å². The normalized spacial score (nSPS) is 21.3. The van der Waals surface area contributed by atoms with Crippen molar-refractivity contribution in [1.82, 2.24) is 0 Å². The van der Waals surface area contributed by atoms with Crippen molar-refractivity contribution in [2.24, 2.45) is 4.99 Å². The molecule has 1 unspecified atom stereocenters. The molecule has 0 aliphatic carbocycles. The molecule has 0 saturated carbocycles. The van der Waals surface area contributed by atoms with E-state index in [2.05, 4.69) is 4.99 Å². The summed E-state index contributed by atoms with van der Waals surface area (Å²) in [6.07, 6.45) is 4.89. The van der Waals surface area contributed by atoms with E-state index in [4.69, 9.17) is 4.74 Å². The van der Waals surface area contributed by atoms with Gasteiger partial charge in [-0.25, -0.2) is 0 Å². The molecule has 1 aromatic carbocycles.